The molecule has 0 radical (unpaired) electrons. The Balaban J connectivity index is 1.70. The van der Waals surface area contributed by atoms with E-state index in [2.05, 4.69) is 5.32 Å². The second-order valence-corrected chi connectivity index (χ2v) is 7.64. The fourth-order valence-corrected chi connectivity index (χ4v) is 4.54. The van der Waals surface area contributed by atoms with Gasteiger partial charge in [-0.15, -0.1) is 0 Å². The summed E-state index contributed by atoms with van der Waals surface area (Å²) < 4.78 is 0. The first-order valence-corrected chi connectivity index (χ1v) is 9.35. The lowest BCUT2D eigenvalue weighted by Crippen LogP contribution is -3.18. The molecular weight excluding hydrogens is 318 g/mol. The molecule has 3 rings (SSSR count). The van der Waals surface area contributed by atoms with E-state index in [1.807, 2.05) is 13.8 Å². The molecule has 2 aliphatic rings. The fraction of sp³-hybridized carbons (Fsp3) is 0.632. The lowest BCUT2D eigenvalue weighted by Gasteiger charge is -2.40. The number of benzene rings is 1. The first kappa shape index (κ1) is 17.9. The molecule has 1 saturated heterocycles. The maximum Gasteiger partial charge on any atom is 0.293 e. The zero-order chi connectivity index (χ0) is 18.0. The number of quaternary nitrogens is 1. The van der Waals surface area contributed by atoms with E-state index in [4.69, 9.17) is 0 Å². The molecular formula is C19H28N3O3+. The Morgan fingerprint density at radius 1 is 1.20 bits per heavy atom. The van der Waals surface area contributed by atoms with E-state index in [1.165, 1.54) is 49.5 Å². The number of carbonyl (C=O) groups excluding carboxylic acids is 1. The molecule has 1 heterocycles. The molecule has 0 spiro atoms. The van der Waals surface area contributed by atoms with Crippen molar-refractivity contribution in [3.63, 3.8) is 0 Å². The average molecular weight is 346 g/mol. The van der Waals surface area contributed by atoms with Crippen LogP contribution in [0, 0.1) is 29.9 Å². The number of nitrogens with zero attached hydrogens (tertiary/aromatic N) is 1. The van der Waals surface area contributed by atoms with Crippen molar-refractivity contribution in [2.24, 2.45) is 5.92 Å². The summed E-state index contributed by atoms with van der Waals surface area (Å²) in [6, 6.07) is 3.83. The van der Waals surface area contributed by atoms with Gasteiger partial charge < -0.3 is 10.2 Å². The number of nitrogens with one attached hydrogen (secondary N) is 2. The molecule has 1 aliphatic carbocycles. The van der Waals surface area contributed by atoms with Gasteiger partial charge in [0.15, 0.2) is 6.54 Å². The number of fused-ring (bicyclic) bond motifs is 1. The normalized spacial score (nSPS) is 25.9. The number of hydrogen-bond acceptors (Lipinski definition) is 3. The minimum Gasteiger partial charge on any atom is -0.324 e. The van der Waals surface area contributed by atoms with Crippen molar-refractivity contribution < 1.29 is 14.6 Å². The lowest BCUT2D eigenvalue weighted by atomic mass is 9.78. The molecule has 1 unspecified atom stereocenters. The Morgan fingerprint density at radius 2 is 1.88 bits per heavy atom. The second kappa shape index (κ2) is 7.52. The molecule has 1 aliphatic heterocycles. The zero-order valence-corrected chi connectivity index (χ0v) is 15.1. The van der Waals surface area contributed by atoms with E-state index in [1.54, 1.807) is 6.07 Å². The highest BCUT2D eigenvalue weighted by Gasteiger charge is 2.37. The number of hydrogen-bond donors (Lipinski definition) is 2. The van der Waals surface area contributed by atoms with Crippen LogP contribution in [0.5, 0.6) is 0 Å². The standard InChI is InChI=1S/C19H27N3O3/c1-13-10-16(18(22(24)25)11-14(13)2)20-19(23)12-21-9-5-7-15-6-3-4-8-17(15)21/h10-11,15,17H,3-9,12H2,1-2H3,(H,20,23)/p+1/t15-,17-/m0/s1. The molecule has 6 heteroatoms. The van der Waals surface area contributed by atoms with Crippen LogP contribution < -0.4 is 10.2 Å². The molecule has 25 heavy (non-hydrogen) atoms. The summed E-state index contributed by atoms with van der Waals surface area (Å²) in [5.74, 6) is 0.633. The number of piperidine rings is 1. The molecule has 2 fully saturated rings. The number of carbonyl (C=O) groups is 1. The summed E-state index contributed by atoms with van der Waals surface area (Å²) in [4.78, 5) is 24.8. The largest absolute Gasteiger partial charge is 0.324 e. The van der Waals surface area contributed by atoms with Crippen molar-refractivity contribution in [1.29, 1.82) is 0 Å². The summed E-state index contributed by atoms with van der Waals surface area (Å²) in [5.41, 5.74) is 2.09. The molecule has 1 amide bonds. The van der Waals surface area contributed by atoms with Crippen molar-refractivity contribution in [2.75, 3.05) is 18.4 Å². The number of aryl methyl sites for hydroxylation is 2. The third-order valence-corrected chi connectivity index (χ3v) is 5.98. The van der Waals surface area contributed by atoms with Gasteiger partial charge in [-0.3, -0.25) is 14.9 Å². The number of anilines is 1. The van der Waals surface area contributed by atoms with Gasteiger partial charge in [-0.2, -0.15) is 0 Å². The van der Waals surface area contributed by atoms with Gasteiger partial charge in [-0.05, 0) is 63.1 Å². The Labute approximate surface area is 148 Å². The first-order chi connectivity index (χ1) is 12.0. The minimum atomic E-state index is -0.424. The average Bonchev–Trinajstić information content (AvgIpc) is 2.58. The Kier molecular flexibility index (Phi) is 5.37. The minimum absolute atomic E-state index is 0.0272. The molecule has 2 N–H and O–H groups in total. The van der Waals surface area contributed by atoms with E-state index in [-0.39, 0.29) is 11.6 Å². The Hall–Kier alpha value is -1.95. The van der Waals surface area contributed by atoms with Crippen LogP contribution in [-0.2, 0) is 4.79 Å². The van der Waals surface area contributed by atoms with E-state index in [9.17, 15) is 14.9 Å². The third-order valence-electron chi connectivity index (χ3n) is 5.98. The third kappa shape index (κ3) is 4.00. The summed E-state index contributed by atoms with van der Waals surface area (Å²) in [6.45, 7) is 5.18. The van der Waals surface area contributed by atoms with E-state index < -0.39 is 4.92 Å². The highest BCUT2D eigenvalue weighted by molar-refractivity contribution is 5.94. The summed E-state index contributed by atoms with van der Waals surface area (Å²) >= 11 is 0. The molecule has 1 aromatic carbocycles. The van der Waals surface area contributed by atoms with Crippen LogP contribution in [0.25, 0.3) is 0 Å². The van der Waals surface area contributed by atoms with Gasteiger partial charge in [0.1, 0.15) is 5.69 Å². The van der Waals surface area contributed by atoms with Crippen molar-refractivity contribution in [1.82, 2.24) is 0 Å². The van der Waals surface area contributed by atoms with Crippen LogP contribution in [0.4, 0.5) is 11.4 Å². The van der Waals surface area contributed by atoms with E-state index in [0.29, 0.717) is 18.3 Å². The number of amides is 1. The lowest BCUT2D eigenvalue weighted by molar-refractivity contribution is -0.928. The molecule has 1 saturated carbocycles. The van der Waals surface area contributed by atoms with E-state index >= 15 is 0 Å². The molecule has 3 atom stereocenters. The highest BCUT2D eigenvalue weighted by atomic mass is 16.6. The number of likely N-dealkylation sites (tertiary alicyclic amines) is 1. The van der Waals surface area contributed by atoms with Crippen LogP contribution in [0.3, 0.4) is 0 Å². The summed E-state index contributed by atoms with van der Waals surface area (Å²) in [7, 11) is 0. The van der Waals surface area contributed by atoms with Crippen molar-refractivity contribution in [2.45, 2.75) is 58.4 Å². The van der Waals surface area contributed by atoms with Crippen LogP contribution in [0.15, 0.2) is 12.1 Å². The van der Waals surface area contributed by atoms with Crippen molar-refractivity contribution in [3.05, 3.63) is 33.4 Å². The maximum absolute atomic E-state index is 12.6. The summed E-state index contributed by atoms with van der Waals surface area (Å²) in [5, 5.41) is 14.1. The Bertz CT molecular complexity index is 672. The first-order valence-electron chi connectivity index (χ1n) is 9.35. The summed E-state index contributed by atoms with van der Waals surface area (Å²) in [6.07, 6.45) is 7.53. The maximum atomic E-state index is 12.6. The van der Waals surface area contributed by atoms with Gasteiger partial charge in [0.25, 0.3) is 11.6 Å². The smallest absolute Gasteiger partial charge is 0.293 e. The molecule has 136 valence electrons. The predicted molar refractivity (Wildman–Crippen MR) is 96.9 cm³/mol. The quantitative estimate of drug-likeness (QED) is 0.649. The topological polar surface area (TPSA) is 76.7 Å². The molecule has 6 nitrogen and oxygen atoms in total. The van der Waals surface area contributed by atoms with Gasteiger partial charge in [0.05, 0.1) is 17.5 Å². The SMILES string of the molecule is Cc1cc(NC(=O)C[NH+]2CCC[C@@H]3CCCC[C@@H]32)c([N+](=O)[O-])cc1C. The number of rotatable bonds is 4. The van der Waals surface area contributed by atoms with Crippen molar-refractivity contribution >= 4 is 17.3 Å². The monoisotopic (exact) mass is 346 g/mol. The second-order valence-electron chi connectivity index (χ2n) is 7.64. The molecule has 0 bridgehead atoms. The van der Waals surface area contributed by atoms with Crippen LogP contribution in [0.2, 0.25) is 0 Å². The van der Waals surface area contributed by atoms with E-state index in [0.717, 1.165) is 23.6 Å². The number of nitro benzene ring substituents is 1. The van der Waals surface area contributed by atoms with Gasteiger partial charge >= 0.3 is 0 Å². The number of nitro groups is 1. The van der Waals surface area contributed by atoms with Crippen LogP contribution >= 0.6 is 0 Å². The van der Waals surface area contributed by atoms with Crippen LogP contribution in [-0.4, -0.2) is 30.0 Å². The van der Waals surface area contributed by atoms with Gasteiger partial charge in [-0.1, -0.05) is 6.42 Å². The Morgan fingerprint density at radius 3 is 2.64 bits per heavy atom. The molecule has 1 aromatic rings. The van der Waals surface area contributed by atoms with Crippen molar-refractivity contribution in [3.8, 4) is 0 Å². The molecule has 0 aromatic heterocycles. The predicted octanol–water partition coefficient (Wildman–Crippen LogP) is 2.39. The van der Waals surface area contributed by atoms with Gasteiger partial charge in [-0.25, -0.2) is 0 Å². The van der Waals surface area contributed by atoms with Crippen LogP contribution in [0.1, 0.15) is 49.7 Å². The zero-order valence-electron chi connectivity index (χ0n) is 15.1. The fourth-order valence-electron chi connectivity index (χ4n) is 4.54. The van der Waals surface area contributed by atoms with Gasteiger partial charge in [0, 0.05) is 12.0 Å². The van der Waals surface area contributed by atoms with Gasteiger partial charge in [0.2, 0.25) is 0 Å². The highest BCUT2D eigenvalue weighted by Crippen LogP contribution is 2.29.